The highest BCUT2D eigenvalue weighted by atomic mass is 32.2. The number of hydrogen-bond acceptors (Lipinski definition) is 1. The third-order valence-electron chi connectivity index (χ3n) is 2.43. The molecule has 2 aliphatic rings. The Morgan fingerprint density at radius 1 is 1.22 bits per heavy atom. The van der Waals surface area contributed by atoms with Crippen molar-refractivity contribution in [1.29, 1.82) is 0 Å². The van der Waals surface area contributed by atoms with Gasteiger partial charge in [-0.05, 0) is 0 Å². The van der Waals surface area contributed by atoms with Crippen LogP contribution in [0.15, 0.2) is 0 Å². The highest BCUT2D eigenvalue weighted by molar-refractivity contribution is 7.99. The first-order chi connectivity index (χ1) is 4.36. The molecule has 2 fully saturated rings. The fourth-order valence-electron chi connectivity index (χ4n) is 1.92. The molecule has 2 aliphatic heterocycles. The van der Waals surface area contributed by atoms with Gasteiger partial charge < -0.3 is 4.90 Å². The first-order valence-electron chi connectivity index (χ1n) is 3.60. The minimum absolute atomic E-state index is 1.02. The number of quaternary nitrogens is 1. The maximum atomic E-state index is 4.03. The fourth-order valence-corrected chi connectivity index (χ4v) is 3.44. The van der Waals surface area contributed by atoms with E-state index in [1.807, 2.05) is 0 Å². The van der Waals surface area contributed by atoms with E-state index in [9.17, 15) is 0 Å². The molecule has 0 aliphatic carbocycles. The summed E-state index contributed by atoms with van der Waals surface area (Å²) in [7, 11) is 4.03. The molecule has 2 saturated heterocycles. The van der Waals surface area contributed by atoms with Crippen molar-refractivity contribution in [3.63, 3.8) is 0 Å². The number of rotatable bonds is 0. The largest absolute Gasteiger partial charge is 0.467 e. The molecule has 0 saturated carbocycles. The molecular formula is C7H13NS. The van der Waals surface area contributed by atoms with E-state index in [1.165, 1.54) is 29.5 Å². The molecule has 0 aromatic rings. The van der Waals surface area contributed by atoms with Gasteiger partial charge in [0.25, 0.3) is 0 Å². The Morgan fingerprint density at radius 2 is 1.78 bits per heavy atom. The lowest BCUT2D eigenvalue weighted by atomic mass is 10.0. The van der Waals surface area contributed by atoms with E-state index >= 15 is 0 Å². The predicted molar refractivity (Wildman–Crippen MR) is 40.4 cm³/mol. The molecule has 0 amide bonds. The lowest BCUT2D eigenvalue weighted by molar-refractivity contribution is -0.842. The molecule has 1 N–H and O–H groups in total. The van der Waals surface area contributed by atoms with Crippen molar-refractivity contribution in [3.8, 4) is 0 Å². The van der Waals surface area contributed by atoms with E-state index in [0.717, 1.165) is 11.8 Å². The van der Waals surface area contributed by atoms with Crippen LogP contribution in [0.3, 0.4) is 0 Å². The maximum Gasteiger partial charge on any atom is 0.0572 e. The summed E-state index contributed by atoms with van der Waals surface area (Å²) in [6.07, 6.45) is 0. The highest BCUT2D eigenvalue weighted by Gasteiger charge is 2.36. The van der Waals surface area contributed by atoms with Crippen molar-refractivity contribution in [2.24, 2.45) is 11.8 Å². The van der Waals surface area contributed by atoms with Crippen LogP contribution in [0.1, 0.15) is 0 Å². The Kier molecular flexibility index (Phi) is 1.46. The summed E-state index contributed by atoms with van der Waals surface area (Å²) in [5.41, 5.74) is 0. The van der Waals surface area contributed by atoms with Gasteiger partial charge in [0.2, 0.25) is 0 Å². The summed E-state index contributed by atoms with van der Waals surface area (Å²) in [5, 5.41) is 0. The Hall–Kier alpha value is 0.310. The number of thioether (sulfide) groups is 1. The summed E-state index contributed by atoms with van der Waals surface area (Å²) in [6.45, 7) is 2.66. The number of fused-ring (bicyclic) bond motifs is 1. The molecule has 0 aromatic carbocycles. The summed E-state index contributed by atoms with van der Waals surface area (Å²) < 4.78 is 0. The highest BCUT2D eigenvalue weighted by Crippen LogP contribution is 2.30. The van der Waals surface area contributed by atoms with Gasteiger partial charge in [0, 0.05) is 23.3 Å². The van der Waals surface area contributed by atoms with Gasteiger partial charge in [-0.3, -0.25) is 0 Å². The molecule has 52 valence electrons. The lowest BCUT2D eigenvalue weighted by Crippen LogP contribution is -3.05. The van der Waals surface area contributed by atoms with E-state index < -0.39 is 0 Å². The van der Waals surface area contributed by atoms with Crippen molar-refractivity contribution >= 4 is 11.8 Å². The molecule has 0 bridgehead atoms. The van der Waals surface area contributed by atoms with Gasteiger partial charge in [-0.2, -0.15) is 18.8 Å². The Labute approximate surface area is 60.8 Å². The lowest BCUT2D eigenvalue weighted by Gasteiger charge is -2.12. The third-order valence-corrected chi connectivity index (χ3v) is 3.76. The summed E-state index contributed by atoms with van der Waals surface area (Å²) >= 11 is 2.13. The van der Waals surface area contributed by atoms with E-state index in [1.54, 1.807) is 0 Å². The second-order valence-electron chi connectivity index (χ2n) is 3.22. The van der Waals surface area contributed by atoms with E-state index in [0.29, 0.717) is 0 Å². The standard InChI is InChI=1S/C7H13NS/c1-8-2-6-4-9-5-7(6)3-8/h6-8H,1-5H2/t6-,7+. The molecule has 2 heterocycles. The van der Waals surface area contributed by atoms with E-state index in [4.69, 9.17) is 0 Å². The van der Waals surface area contributed by atoms with Gasteiger partial charge in [0.15, 0.2) is 0 Å². The van der Waals surface area contributed by atoms with Crippen LogP contribution in [0, 0.1) is 18.9 Å². The van der Waals surface area contributed by atoms with E-state index in [2.05, 4.69) is 18.8 Å². The minimum Gasteiger partial charge on any atom is -0.467 e. The van der Waals surface area contributed by atoms with Gasteiger partial charge in [-0.1, -0.05) is 0 Å². The summed E-state index contributed by atoms with van der Waals surface area (Å²) in [5.74, 6) is 4.85. The van der Waals surface area contributed by atoms with Crippen LogP contribution in [0.2, 0.25) is 0 Å². The maximum absolute atomic E-state index is 4.03. The number of likely N-dealkylation sites (tertiary alicyclic amines) is 1. The molecule has 0 radical (unpaired) electrons. The molecule has 0 spiro atoms. The van der Waals surface area contributed by atoms with Crippen molar-refractivity contribution < 1.29 is 4.90 Å². The van der Waals surface area contributed by atoms with Gasteiger partial charge in [-0.15, -0.1) is 0 Å². The Bertz CT molecular complexity index is 103. The summed E-state index contributed by atoms with van der Waals surface area (Å²) in [4.78, 5) is 1.50. The SMILES string of the molecule is [CH2-][NH+]1C[C@H]2CSC[C@H]2C1. The van der Waals surface area contributed by atoms with Crippen LogP contribution in [0.4, 0.5) is 0 Å². The van der Waals surface area contributed by atoms with Crippen LogP contribution in [0.5, 0.6) is 0 Å². The predicted octanol–water partition coefficient (Wildman–Crippen LogP) is -0.344. The van der Waals surface area contributed by atoms with Gasteiger partial charge in [0.05, 0.1) is 13.1 Å². The summed E-state index contributed by atoms with van der Waals surface area (Å²) in [6, 6.07) is 0. The van der Waals surface area contributed by atoms with Crippen LogP contribution >= 0.6 is 11.8 Å². The first kappa shape index (κ1) is 6.05. The van der Waals surface area contributed by atoms with Crippen molar-refractivity contribution in [2.45, 2.75) is 0 Å². The minimum atomic E-state index is 1.02. The molecule has 1 unspecified atom stereocenters. The Balaban J connectivity index is 2.02. The molecule has 2 rings (SSSR count). The molecule has 3 atom stereocenters. The smallest absolute Gasteiger partial charge is 0.0572 e. The third kappa shape index (κ3) is 0.987. The zero-order valence-corrected chi connectivity index (χ0v) is 6.41. The van der Waals surface area contributed by atoms with E-state index in [-0.39, 0.29) is 0 Å². The second kappa shape index (κ2) is 2.17. The quantitative estimate of drug-likeness (QED) is 0.454. The zero-order chi connectivity index (χ0) is 6.27. The normalized spacial score (nSPS) is 49.7. The van der Waals surface area contributed by atoms with Gasteiger partial charge in [-0.25, -0.2) is 0 Å². The molecule has 1 nitrogen and oxygen atoms in total. The van der Waals surface area contributed by atoms with Gasteiger partial charge >= 0.3 is 0 Å². The number of hydrogen-bond donors (Lipinski definition) is 1. The van der Waals surface area contributed by atoms with Crippen molar-refractivity contribution in [2.75, 3.05) is 24.6 Å². The van der Waals surface area contributed by atoms with Gasteiger partial charge in [0.1, 0.15) is 0 Å². The number of nitrogens with one attached hydrogen (secondary N) is 1. The van der Waals surface area contributed by atoms with Crippen LogP contribution in [-0.4, -0.2) is 24.6 Å². The molecule has 9 heavy (non-hydrogen) atoms. The first-order valence-corrected chi connectivity index (χ1v) is 4.76. The van der Waals surface area contributed by atoms with Crippen molar-refractivity contribution in [1.82, 2.24) is 0 Å². The average molecular weight is 143 g/mol. The molecular weight excluding hydrogens is 130 g/mol. The van der Waals surface area contributed by atoms with Crippen LogP contribution in [-0.2, 0) is 0 Å². The van der Waals surface area contributed by atoms with Crippen LogP contribution < -0.4 is 4.90 Å². The van der Waals surface area contributed by atoms with Crippen molar-refractivity contribution in [3.05, 3.63) is 7.05 Å². The topological polar surface area (TPSA) is 4.44 Å². The zero-order valence-electron chi connectivity index (χ0n) is 5.60. The monoisotopic (exact) mass is 143 g/mol. The second-order valence-corrected chi connectivity index (χ2v) is 4.29. The van der Waals surface area contributed by atoms with Crippen LogP contribution in [0.25, 0.3) is 0 Å². The average Bonchev–Trinajstić information content (AvgIpc) is 2.22. The molecule has 0 aromatic heterocycles. The fraction of sp³-hybridized carbons (Fsp3) is 0.857. The Morgan fingerprint density at radius 3 is 2.33 bits per heavy atom. The molecule has 2 heteroatoms.